The van der Waals surface area contributed by atoms with E-state index in [1.165, 1.54) is 0 Å². The van der Waals surface area contributed by atoms with Gasteiger partial charge in [0.15, 0.2) is 5.82 Å². The standard InChI is InChI=1S/C11H15N5O/c1-17-9-3-2-8(6-9)14-10-11-15-13-7-16(11)5-4-12-10/h4-5,7-9H,2-3,6H2,1H3,(H,12,14). The van der Waals surface area contributed by atoms with Gasteiger partial charge < -0.3 is 10.1 Å². The molecule has 3 rings (SSSR count). The van der Waals surface area contributed by atoms with Gasteiger partial charge in [-0.1, -0.05) is 0 Å². The van der Waals surface area contributed by atoms with Crippen molar-refractivity contribution < 1.29 is 4.74 Å². The highest BCUT2D eigenvalue weighted by Gasteiger charge is 2.25. The number of anilines is 1. The van der Waals surface area contributed by atoms with Crippen LogP contribution >= 0.6 is 0 Å². The van der Waals surface area contributed by atoms with Crippen LogP contribution in [-0.2, 0) is 4.74 Å². The summed E-state index contributed by atoms with van der Waals surface area (Å²) in [6.45, 7) is 0. The molecular weight excluding hydrogens is 218 g/mol. The number of ether oxygens (including phenoxy) is 1. The Morgan fingerprint density at radius 1 is 1.47 bits per heavy atom. The topological polar surface area (TPSA) is 64.3 Å². The van der Waals surface area contributed by atoms with Crippen LogP contribution in [0.15, 0.2) is 18.7 Å². The molecule has 0 aliphatic heterocycles. The second-order valence-electron chi connectivity index (χ2n) is 4.35. The monoisotopic (exact) mass is 233 g/mol. The minimum absolute atomic E-state index is 0.366. The molecule has 2 aromatic heterocycles. The lowest BCUT2D eigenvalue weighted by molar-refractivity contribution is 0.108. The van der Waals surface area contributed by atoms with Gasteiger partial charge in [0.1, 0.15) is 6.33 Å². The Morgan fingerprint density at radius 2 is 2.41 bits per heavy atom. The van der Waals surface area contributed by atoms with Gasteiger partial charge >= 0.3 is 0 Å². The molecule has 17 heavy (non-hydrogen) atoms. The van der Waals surface area contributed by atoms with Gasteiger partial charge in [0.25, 0.3) is 0 Å². The van der Waals surface area contributed by atoms with Crippen LogP contribution < -0.4 is 5.32 Å². The molecule has 2 atom stereocenters. The molecule has 0 amide bonds. The van der Waals surface area contributed by atoms with Crippen molar-refractivity contribution in [3.8, 4) is 0 Å². The Balaban J connectivity index is 1.79. The molecule has 0 bridgehead atoms. The average molecular weight is 233 g/mol. The van der Waals surface area contributed by atoms with Crippen LogP contribution in [0.4, 0.5) is 5.82 Å². The molecule has 6 nitrogen and oxygen atoms in total. The predicted molar refractivity (Wildman–Crippen MR) is 62.8 cm³/mol. The Bertz CT molecular complexity index is 511. The van der Waals surface area contributed by atoms with E-state index < -0.39 is 0 Å². The molecule has 1 fully saturated rings. The second-order valence-corrected chi connectivity index (χ2v) is 4.35. The first kappa shape index (κ1) is 10.5. The van der Waals surface area contributed by atoms with Crippen molar-refractivity contribution >= 4 is 11.5 Å². The van der Waals surface area contributed by atoms with Crippen molar-refractivity contribution in [2.24, 2.45) is 0 Å². The summed E-state index contributed by atoms with van der Waals surface area (Å²) in [4.78, 5) is 4.32. The summed E-state index contributed by atoms with van der Waals surface area (Å²) >= 11 is 0. The maximum absolute atomic E-state index is 5.36. The Hall–Kier alpha value is -1.69. The van der Waals surface area contributed by atoms with Gasteiger partial charge in [-0.2, -0.15) is 0 Å². The summed E-state index contributed by atoms with van der Waals surface area (Å²) in [5.41, 5.74) is 0.772. The molecule has 0 spiro atoms. The van der Waals surface area contributed by atoms with Crippen molar-refractivity contribution in [2.75, 3.05) is 12.4 Å². The third-order valence-corrected chi connectivity index (χ3v) is 3.27. The minimum atomic E-state index is 0.366. The highest BCUT2D eigenvalue weighted by atomic mass is 16.5. The van der Waals surface area contributed by atoms with E-state index in [0.29, 0.717) is 12.1 Å². The van der Waals surface area contributed by atoms with Crippen molar-refractivity contribution in [3.63, 3.8) is 0 Å². The summed E-state index contributed by atoms with van der Waals surface area (Å²) in [5.74, 6) is 0.798. The maximum atomic E-state index is 5.36. The first-order valence-corrected chi connectivity index (χ1v) is 5.80. The van der Waals surface area contributed by atoms with Crippen LogP contribution in [0.1, 0.15) is 19.3 Å². The third kappa shape index (κ3) is 1.95. The Labute approximate surface area is 99.0 Å². The number of fused-ring (bicyclic) bond motifs is 1. The molecule has 2 heterocycles. The number of hydrogen-bond acceptors (Lipinski definition) is 5. The zero-order chi connectivity index (χ0) is 11.7. The van der Waals surface area contributed by atoms with Crippen LogP contribution in [0.2, 0.25) is 0 Å². The van der Waals surface area contributed by atoms with Crippen molar-refractivity contribution in [3.05, 3.63) is 18.7 Å². The van der Waals surface area contributed by atoms with E-state index in [1.807, 2.05) is 10.6 Å². The SMILES string of the molecule is COC1CCC(Nc2nccn3cnnc23)C1. The highest BCUT2D eigenvalue weighted by molar-refractivity contribution is 5.61. The molecule has 6 heteroatoms. The molecule has 0 saturated heterocycles. The number of aromatic nitrogens is 4. The van der Waals surface area contributed by atoms with E-state index in [0.717, 1.165) is 30.7 Å². The fraction of sp³-hybridized carbons (Fsp3) is 0.545. The summed E-state index contributed by atoms with van der Waals surface area (Å²) in [7, 11) is 1.77. The lowest BCUT2D eigenvalue weighted by Gasteiger charge is -2.13. The van der Waals surface area contributed by atoms with Crippen molar-refractivity contribution in [2.45, 2.75) is 31.4 Å². The smallest absolute Gasteiger partial charge is 0.203 e. The van der Waals surface area contributed by atoms with E-state index in [9.17, 15) is 0 Å². The predicted octanol–water partition coefficient (Wildman–Crippen LogP) is 1.10. The lowest BCUT2D eigenvalue weighted by Crippen LogP contribution is -2.18. The van der Waals surface area contributed by atoms with E-state index >= 15 is 0 Å². The van der Waals surface area contributed by atoms with Gasteiger partial charge in [-0.25, -0.2) is 4.98 Å². The van der Waals surface area contributed by atoms with Crippen molar-refractivity contribution in [1.29, 1.82) is 0 Å². The Kier molecular flexibility index (Phi) is 2.64. The number of nitrogens with one attached hydrogen (secondary N) is 1. The van der Waals surface area contributed by atoms with Crippen molar-refractivity contribution in [1.82, 2.24) is 19.6 Å². The molecule has 2 aromatic rings. The first-order chi connectivity index (χ1) is 8.36. The normalized spacial score (nSPS) is 24.3. The third-order valence-electron chi connectivity index (χ3n) is 3.27. The highest BCUT2D eigenvalue weighted by Crippen LogP contribution is 2.25. The Morgan fingerprint density at radius 3 is 3.24 bits per heavy atom. The largest absolute Gasteiger partial charge is 0.381 e. The van der Waals surface area contributed by atoms with E-state index in [2.05, 4.69) is 20.5 Å². The zero-order valence-electron chi connectivity index (χ0n) is 9.71. The lowest BCUT2D eigenvalue weighted by atomic mass is 10.2. The molecule has 1 aliphatic carbocycles. The molecule has 1 aliphatic rings. The molecule has 0 aromatic carbocycles. The average Bonchev–Trinajstić information content (AvgIpc) is 2.97. The van der Waals surface area contributed by atoms with Gasteiger partial charge in [0.05, 0.1) is 6.10 Å². The minimum Gasteiger partial charge on any atom is -0.381 e. The zero-order valence-corrected chi connectivity index (χ0v) is 9.71. The van der Waals surface area contributed by atoms with Crippen LogP contribution in [0.5, 0.6) is 0 Å². The quantitative estimate of drug-likeness (QED) is 0.860. The first-order valence-electron chi connectivity index (χ1n) is 5.80. The molecule has 0 radical (unpaired) electrons. The molecule has 1 saturated carbocycles. The fourth-order valence-corrected chi connectivity index (χ4v) is 2.34. The van der Waals surface area contributed by atoms with Gasteiger partial charge in [0, 0.05) is 25.5 Å². The summed E-state index contributed by atoms with van der Waals surface area (Å²) in [6, 6.07) is 0.412. The molecule has 2 unspecified atom stereocenters. The number of rotatable bonds is 3. The van der Waals surface area contributed by atoms with Crippen LogP contribution in [0, 0.1) is 0 Å². The summed E-state index contributed by atoms with van der Waals surface area (Å²) in [6.07, 6.45) is 8.86. The maximum Gasteiger partial charge on any atom is 0.203 e. The second kappa shape index (κ2) is 4.29. The van der Waals surface area contributed by atoms with E-state index in [4.69, 9.17) is 4.74 Å². The van der Waals surface area contributed by atoms with Gasteiger partial charge in [0.2, 0.25) is 5.65 Å². The number of methoxy groups -OCH3 is 1. The van der Waals surface area contributed by atoms with Gasteiger partial charge in [-0.15, -0.1) is 10.2 Å². The summed E-state index contributed by atoms with van der Waals surface area (Å²) < 4.78 is 7.22. The van der Waals surface area contributed by atoms with Gasteiger partial charge in [-0.05, 0) is 19.3 Å². The number of hydrogen-bond donors (Lipinski definition) is 1. The molecular formula is C11H15N5O. The fourth-order valence-electron chi connectivity index (χ4n) is 2.34. The molecule has 1 N–H and O–H groups in total. The van der Waals surface area contributed by atoms with E-state index in [1.54, 1.807) is 19.6 Å². The van der Waals surface area contributed by atoms with Crippen LogP contribution in [0.3, 0.4) is 0 Å². The molecule has 90 valence electrons. The van der Waals surface area contributed by atoms with Crippen LogP contribution in [0.25, 0.3) is 5.65 Å². The summed E-state index contributed by atoms with van der Waals surface area (Å²) in [5, 5.41) is 11.4. The van der Waals surface area contributed by atoms with Gasteiger partial charge in [-0.3, -0.25) is 4.40 Å². The number of nitrogens with zero attached hydrogens (tertiary/aromatic N) is 4. The van der Waals surface area contributed by atoms with E-state index in [-0.39, 0.29) is 0 Å². The van der Waals surface area contributed by atoms with Crippen LogP contribution in [-0.4, -0.2) is 38.8 Å².